The Morgan fingerprint density at radius 1 is 1.13 bits per heavy atom. The second kappa shape index (κ2) is 10.4. The maximum Gasteiger partial charge on any atom is 0.231 e. The van der Waals surface area contributed by atoms with Gasteiger partial charge in [-0.2, -0.15) is 4.98 Å². The Morgan fingerprint density at radius 2 is 1.90 bits per heavy atom. The standard InChI is InChI=1S/C25H28ClN3O/c1-5-6-21(23-16-22(26)12-9-18(23)3)13-14-27-19(4)25-28-24(30-29-25)15-20-10-7-17(2)8-11-20/h6-12,16H,5,13-15H2,1-4H3. The Balaban J connectivity index is 1.65. The van der Waals surface area contributed by atoms with Crippen molar-refractivity contribution in [3.8, 4) is 0 Å². The van der Waals surface area contributed by atoms with Gasteiger partial charge in [-0.1, -0.05) is 65.7 Å². The van der Waals surface area contributed by atoms with Crippen LogP contribution in [0.3, 0.4) is 0 Å². The quantitative estimate of drug-likeness (QED) is 0.384. The van der Waals surface area contributed by atoms with Gasteiger partial charge >= 0.3 is 0 Å². The van der Waals surface area contributed by atoms with Gasteiger partial charge in [0.15, 0.2) is 0 Å². The molecule has 0 atom stereocenters. The Labute approximate surface area is 183 Å². The summed E-state index contributed by atoms with van der Waals surface area (Å²) in [5, 5.41) is 4.85. The molecule has 3 aromatic rings. The second-order valence-corrected chi connectivity index (χ2v) is 7.92. The Morgan fingerprint density at radius 3 is 2.63 bits per heavy atom. The predicted molar refractivity (Wildman–Crippen MR) is 124 cm³/mol. The van der Waals surface area contributed by atoms with Crippen molar-refractivity contribution in [2.75, 3.05) is 6.54 Å². The summed E-state index contributed by atoms with van der Waals surface area (Å²) in [5.74, 6) is 1.15. The minimum atomic E-state index is 0.553. The first-order valence-corrected chi connectivity index (χ1v) is 10.7. The van der Waals surface area contributed by atoms with Gasteiger partial charge in [0.2, 0.25) is 11.7 Å². The van der Waals surface area contributed by atoms with Crippen molar-refractivity contribution in [2.45, 2.75) is 47.0 Å². The van der Waals surface area contributed by atoms with Crippen LogP contribution in [0.2, 0.25) is 5.02 Å². The summed E-state index contributed by atoms with van der Waals surface area (Å²) < 4.78 is 5.42. The molecule has 0 unspecified atom stereocenters. The molecule has 0 fully saturated rings. The molecule has 1 heterocycles. The van der Waals surface area contributed by atoms with Crippen LogP contribution in [0.15, 0.2) is 58.1 Å². The highest BCUT2D eigenvalue weighted by atomic mass is 35.5. The summed E-state index contributed by atoms with van der Waals surface area (Å²) in [6, 6.07) is 14.4. The van der Waals surface area contributed by atoms with Crippen LogP contribution >= 0.6 is 11.6 Å². The topological polar surface area (TPSA) is 51.3 Å². The van der Waals surface area contributed by atoms with E-state index >= 15 is 0 Å². The number of nitrogens with zero attached hydrogens (tertiary/aromatic N) is 3. The summed E-state index contributed by atoms with van der Waals surface area (Å²) in [5.41, 5.74) is 6.85. The van der Waals surface area contributed by atoms with Crippen molar-refractivity contribution in [1.82, 2.24) is 10.1 Å². The molecule has 5 heteroatoms. The predicted octanol–water partition coefficient (Wildman–Crippen LogP) is 6.62. The number of aryl methyl sites for hydroxylation is 2. The maximum absolute atomic E-state index is 6.21. The van der Waals surface area contributed by atoms with E-state index in [9.17, 15) is 0 Å². The third kappa shape index (κ3) is 5.90. The molecule has 0 aliphatic rings. The van der Waals surface area contributed by atoms with Gasteiger partial charge in [0.05, 0.1) is 12.1 Å². The van der Waals surface area contributed by atoms with E-state index in [0.29, 0.717) is 24.7 Å². The minimum Gasteiger partial charge on any atom is -0.339 e. The maximum atomic E-state index is 6.21. The fraction of sp³-hybridized carbons (Fsp3) is 0.320. The molecule has 3 rings (SSSR count). The fourth-order valence-corrected chi connectivity index (χ4v) is 3.47. The van der Waals surface area contributed by atoms with Crippen LogP contribution in [0.5, 0.6) is 0 Å². The lowest BCUT2D eigenvalue weighted by Gasteiger charge is -2.11. The Hall–Kier alpha value is -2.72. The van der Waals surface area contributed by atoms with Crippen molar-refractivity contribution >= 4 is 22.9 Å². The molecule has 0 aliphatic heterocycles. The van der Waals surface area contributed by atoms with Crippen molar-refractivity contribution < 1.29 is 4.52 Å². The average Bonchev–Trinajstić information content (AvgIpc) is 3.19. The Bertz CT molecular complexity index is 1050. The molecule has 0 radical (unpaired) electrons. The van der Waals surface area contributed by atoms with Gasteiger partial charge in [-0.3, -0.25) is 4.99 Å². The van der Waals surface area contributed by atoms with Crippen molar-refractivity contribution in [2.24, 2.45) is 4.99 Å². The first-order valence-electron chi connectivity index (χ1n) is 10.3. The highest BCUT2D eigenvalue weighted by molar-refractivity contribution is 6.30. The molecule has 0 bridgehead atoms. The lowest BCUT2D eigenvalue weighted by atomic mass is 9.97. The number of hydrogen-bond donors (Lipinski definition) is 0. The molecule has 0 saturated carbocycles. The van der Waals surface area contributed by atoms with Gasteiger partial charge in [-0.25, -0.2) is 0 Å². The molecule has 0 N–H and O–H groups in total. The van der Waals surface area contributed by atoms with Gasteiger partial charge in [-0.15, -0.1) is 0 Å². The summed E-state index contributed by atoms with van der Waals surface area (Å²) >= 11 is 6.21. The minimum absolute atomic E-state index is 0.553. The number of halogens is 1. The van der Waals surface area contributed by atoms with E-state index in [4.69, 9.17) is 16.1 Å². The first-order chi connectivity index (χ1) is 14.5. The van der Waals surface area contributed by atoms with Gasteiger partial charge in [0.25, 0.3) is 0 Å². The monoisotopic (exact) mass is 421 g/mol. The molecule has 30 heavy (non-hydrogen) atoms. The molecule has 0 spiro atoms. The molecule has 0 amide bonds. The van der Waals surface area contributed by atoms with Crippen LogP contribution in [0, 0.1) is 13.8 Å². The third-order valence-electron chi connectivity index (χ3n) is 4.99. The summed E-state index contributed by atoms with van der Waals surface area (Å²) in [7, 11) is 0. The number of allylic oxidation sites excluding steroid dienone is 1. The summed E-state index contributed by atoms with van der Waals surface area (Å²) in [6.07, 6.45) is 4.67. The van der Waals surface area contributed by atoms with Gasteiger partial charge in [-0.05, 0) is 68.0 Å². The second-order valence-electron chi connectivity index (χ2n) is 7.49. The van der Waals surface area contributed by atoms with Crippen LogP contribution in [0.4, 0.5) is 0 Å². The van der Waals surface area contributed by atoms with E-state index in [2.05, 4.69) is 72.3 Å². The SMILES string of the molecule is CCC=C(CCN=C(C)c1noc(Cc2ccc(C)cc2)n1)c1cc(Cl)ccc1C. The zero-order valence-electron chi connectivity index (χ0n) is 18.1. The first kappa shape index (κ1) is 22.0. The third-order valence-corrected chi connectivity index (χ3v) is 5.23. The molecular formula is C25H28ClN3O. The van der Waals surface area contributed by atoms with E-state index in [0.717, 1.165) is 29.1 Å². The smallest absolute Gasteiger partial charge is 0.231 e. The highest BCUT2D eigenvalue weighted by Gasteiger charge is 2.10. The Kier molecular flexibility index (Phi) is 7.58. The molecular weight excluding hydrogens is 394 g/mol. The van der Waals surface area contributed by atoms with Crippen LogP contribution in [-0.4, -0.2) is 22.4 Å². The van der Waals surface area contributed by atoms with Crippen molar-refractivity contribution in [1.29, 1.82) is 0 Å². The van der Waals surface area contributed by atoms with Crippen LogP contribution in [-0.2, 0) is 6.42 Å². The van der Waals surface area contributed by atoms with Gasteiger partial charge in [0, 0.05) is 11.6 Å². The highest BCUT2D eigenvalue weighted by Crippen LogP contribution is 2.26. The van der Waals surface area contributed by atoms with E-state index in [-0.39, 0.29) is 0 Å². The zero-order valence-corrected chi connectivity index (χ0v) is 18.8. The van der Waals surface area contributed by atoms with Crippen LogP contribution in [0.1, 0.15) is 60.7 Å². The average molecular weight is 422 g/mol. The van der Waals surface area contributed by atoms with Crippen molar-refractivity contribution in [3.63, 3.8) is 0 Å². The number of hydrogen-bond acceptors (Lipinski definition) is 4. The lowest BCUT2D eigenvalue weighted by Crippen LogP contribution is -2.01. The summed E-state index contributed by atoms with van der Waals surface area (Å²) in [4.78, 5) is 9.19. The number of aliphatic imine (C=N–C) groups is 1. The molecule has 4 nitrogen and oxygen atoms in total. The fourth-order valence-electron chi connectivity index (χ4n) is 3.30. The number of rotatable bonds is 8. The molecule has 1 aromatic heterocycles. The summed E-state index contributed by atoms with van der Waals surface area (Å²) in [6.45, 7) is 8.91. The zero-order chi connectivity index (χ0) is 21.5. The number of benzene rings is 2. The molecule has 0 aliphatic carbocycles. The largest absolute Gasteiger partial charge is 0.339 e. The molecule has 0 saturated heterocycles. The van der Waals surface area contributed by atoms with Crippen LogP contribution < -0.4 is 0 Å². The molecule has 2 aromatic carbocycles. The van der Waals surface area contributed by atoms with E-state index in [1.165, 1.54) is 22.3 Å². The lowest BCUT2D eigenvalue weighted by molar-refractivity contribution is 0.383. The van der Waals surface area contributed by atoms with E-state index in [1.807, 2.05) is 19.1 Å². The van der Waals surface area contributed by atoms with Gasteiger partial charge < -0.3 is 4.52 Å². The van der Waals surface area contributed by atoms with Crippen molar-refractivity contribution in [3.05, 3.63) is 87.5 Å². The van der Waals surface area contributed by atoms with Crippen LogP contribution in [0.25, 0.3) is 5.57 Å². The molecule has 156 valence electrons. The van der Waals surface area contributed by atoms with E-state index in [1.54, 1.807) is 0 Å². The number of aromatic nitrogens is 2. The normalized spacial score (nSPS) is 12.4. The van der Waals surface area contributed by atoms with Gasteiger partial charge in [0.1, 0.15) is 0 Å². The van der Waals surface area contributed by atoms with E-state index < -0.39 is 0 Å².